The van der Waals surface area contributed by atoms with Crippen molar-refractivity contribution >= 4 is 23.2 Å². The zero-order valence-corrected chi connectivity index (χ0v) is 14.9. The number of aromatic nitrogens is 3. The van der Waals surface area contributed by atoms with Crippen LogP contribution < -0.4 is 10.6 Å². The number of nitrogens with two attached hydrogens (primary N) is 1. The molecule has 2 atom stereocenters. The normalized spacial score (nSPS) is 20.5. The number of nitrogens with zero attached hydrogens (tertiary/aromatic N) is 4. The SMILES string of the molecule is CC1CN(c2nc(-c3ccc(N)c(C=N)c3)nn3cccc23)CC(C)O1. The summed E-state index contributed by atoms with van der Waals surface area (Å²) in [4.78, 5) is 7.12. The Labute approximate surface area is 151 Å². The molecule has 7 heteroatoms. The van der Waals surface area contributed by atoms with E-state index in [2.05, 4.69) is 23.8 Å². The lowest BCUT2D eigenvalue weighted by molar-refractivity contribution is -0.00539. The van der Waals surface area contributed by atoms with Crippen LogP contribution in [0.4, 0.5) is 11.5 Å². The Kier molecular flexibility index (Phi) is 4.08. The van der Waals surface area contributed by atoms with Crippen LogP contribution in [-0.2, 0) is 4.74 Å². The van der Waals surface area contributed by atoms with E-state index < -0.39 is 0 Å². The van der Waals surface area contributed by atoms with Crippen molar-refractivity contribution < 1.29 is 4.74 Å². The van der Waals surface area contributed by atoms with E-state index in [1.807, 2.05) is 35.0 Å². The highest BCUT2D eigenvalue weighted by Crippen LogP contribution is 2.27. The van der Waals surface area contributed by atoms with Crippen LogP contribution in [0.5, 0.6) is 0 Å². The molecular formula is C19H22N6O. The Morgan fingerprint density at radius 3 is 2.73 bits per heavy atom. The molecule has 0 spiro atoms. The van der Waals surface area contributed by atoms with Crippen LogP contribution in [0.1, 0.15) is 19.4 Å². The number of fused-ring (bicyclic) bond motifs is 1. The first-order valence-electron chi connectivity index (χ1n) is 8.71. The second kappa shape index (κ2) is 6.42. The molecule has 1 aliphatic heterocycles. The molecule has 3 aromatic rings. The van der Waals surface area contributed by atoms with Gasteiger partial charge in [-0.05, 0) is 44.2 Å². The summed E-state index contributed by atoms with van der Waals surface area (Å²) in [6.07, 6.45) is 3.47. The third-order valence-corrected chi connectivity index (χ3v) is 4.59. The van der Waals surface area contributed by atoms with Crippen LogP contribution in [0.2, 0.25) is 0 Å². The number of nitrogens with one attached hydrogen (secondary N) is 1. The molecule has 7 nitrogen and oxygen atoms in total. The molecule has 26 heavy (non-hydrogen) atoms. The lowest BCUT2D eigenvalue weighted by atomic mass is 10.1. The second-order valence-electron chi connectivity index (χ2n) is 6.75. The van der Waals surface area contributed by atoms with Crippen molar-refractivity contribution in [1.82, 2.24) is 14.6 Å². The molecular weight excluding hydrogens is 328 g/mol. The minimum Gasteiger partial charge on any atom is -0.398 e. The molecule has 1 saturated heterocycles. The van der Waals surface area contributed by atoms with Crippen LogP contribution in [-0.4, -0.2) is 46.1 Å². The van der Waals surface area contributed by atoms with Gasteiger partial charge in [0.1, 0.15) is 5.52 Å². The van der Waals surface area contributed by atoms with Crippen LogP contribution in [0.3, 0.4) is 0 Å². The third kappa shape index (κ3) is 2.90. The predicted octanol–water partition coefficient (Wildman–Crippen LogP) is 2.59. The van der Waals surface area contributed by atoms with Crippen LogP contribution in [0.15, 0.2) is 36.5 Å². The maximum atomic E-state index is 7.52. The molecule has 4 rings (SSSR count). The fraction of sp³-hybridized carbons (Fsp3) is 0.316. The molecule has 3 N–H and O–H groups in total. The van der Waals surface area contributed by atoms with Gasteiger partial charge in [-0.3, -0.25) is 0 Å². The van der Waals surface area contributed by atoms with Crippen molar-refractivity contribution in [3.05, 3.63) is 42.1 Å². The number of benzene rings is 1. The molecule has 2 unspecified atom stereocenters. The summed E-state index contributed by atoms with van der Waals surface area (Å²) in [6.45, 7) is 5.73. The summed E-state index contributed by atoms with van der Waals surface area (Å²) in [5.74, 6) is 1.51. The molecule has 1 fully saturated rings. The Morgan fingerprint density at radius 2 is 2.00 bits per heavy atom. The Balaban J connectivity index is 1.84. The van der Waals surface area contributed by atoms with Gasteiger partial charge in [0.2, 0.25) is 0 Å². The van der Waals surface area contributed by atoms with Gasteiger partial charge in [0, 0.05) is 42.3 Å². The van der Waals surface area contributed by atoms with Crippen molar-refractivity contribution in [2.45, 2.75) is 26.1 Å². The zero-order chi connectivity index (χ0) is 18.3. The molecule has 1 aromatic carbocycles. The number of hydrogen-bond donors (Lipinski definition) is 2. The summed E-state index contributed by atoms with van der Waals surface area (Å²) in [5.41, 5.74) is 8.95. The lowest BCUT2D eigenvalue weighted by Gasteiger charge is -2.36. The molecule has 0 saturated carbocycles. The van der Waals surface area contributed by atoms with Gasteiger partial charge < -0.3 is 20.8 Å². The molecule has 134 valence electrons. The standard InChI is InChI=1S/C19H22N6O/c1-12-10-24(11-13(2)26-12)19-17-4-3-7-25(17)23-18(22-19)14-5-6-16(21)15(8-14)9-20/h3-9,12-13,20H,10-11,21H2,1-2H3. The molecule has 0 radical (unpaired) electrons. The highest BCUT2D eigenvalue weighted by Gasteiger charge is 2.25. The molecule has 1 aliphatic rings. The average molecular weight is 350 g/mol. The molecule has 2 aromatic heterocycles. The van der Waals surface area contributed by atoms with E-state index in [9.17, 15) is 0 Å². The van der Waals surface area contributed by atoms with Crippen molar-refractivity contribution in [1.29, 1.82) is 5.41 Å². The van der Waals surface area contributed by atoms with Gasteiger partial charge in [-0.1, -0.05) is 0 Å². The fourth-order valence-electron chi connectivity index (χ4n) is 3.46. The summed E-state index contributed by atoms with van der Waals surface area (Å²) >= 11 is 0. The summed E-state index contributed by atoms with van der Waals surface area (Å²) in [5, 5.41) is 12.2. The van der Waals surface area contributed by atoms with Gasteiger partial charge in [-0.15, -0.1) is 5.10 Å². The molecule has 0 amide bonds. The number of rotatable bonds is 3. The Morgan fingerprint density at radius 1 is 1.23 bits per heavy atom. The topological polar surface area (TPSA) is 92.5 Å². The zero-order valence-electron chi connectivity index (χ0n) is 14.9. The minimum atomic E-state index is 0.146. The van der Waals surface area contributed by atoms with Crippen LogP contribution in [0.25, 0.3) is 16.9 Å². The number of nitrogen functional groups attached to an aromatic ring is 1. The van der Waals surface area contributed by atoms with E-state index in [0.29, 0.717) is 17.1 Å². The van der Waals surface area contributed by atoms with Gasteiger partial charge >= 0.3 is 0 Å². The van der Waals surface area contributed by atoms with Crippen LogP contribution in [0, 0.1) is 5.41 Å². The van der Waals surface area contributed by atoms with Gasteiger partial charge in [0.05, 0.1) is 12.2 Å². The number of anilines is 2. The average Bonchev–Trinajstić information content (AvgIpc) is 3.09. The number of ether oxygens (including phenoxy) is 1. The van der Waals surface area contributed by atoms with Gasteiger partial charge in [-0.2, -0.15) is 0 Å². The van der Waals surface area contributed by atoms with E-state index in [1.165, 1.54) is 6.21 Å². The second-order valence-corrected chi connectivity index (χ2v) is 6.75. The fourth-order valence-corrected chi connectivity index (χ4v) is 3.46. The summed E-state index contributed by atoms with van der Waals surface area (Å²) < 4.78 is 7.71. The van der Waals surface area contributed by atoms with Crippen molar-refractivity contribution in [3.63, 3.8) is 0 Å². The van der Waals surface area contributed by atoms with Gasteiger partial charge in [0.15, 0.2) is 11.6 Å². The Bertz CT molecular complexity index is 956. The molecule has 0 bridgehead atoms. The first-order chi connectivity index (χ1) is 12.5. The third-order valence-electron chi connectivity index (χ3n) is 4.59. The quantitative estimate of drug-likeness (QED) is 0.559. The maximum absolute atomic E-state index is 7.52. The molecule has 3 heterocycles. The van der Waals surface area contributed by atoms with Gasteiger partial charge in [0.25, 0.3) is 0 Å². The summed E-state index contributed by atoms with van der Waals surface area (Å²) in [6, 6.07) is 9.52. The van der Waals surface area contributed by atoms with E-state index in [0.717, 1.165) is 30.0 Å². The van der Waals surface area contributed by atoms with Crippen LogP contribution >= 0.6 is 0 Å². The maximum Gasteiger partial charge on any atom is 0.182 e. The monoisotopic (exact) mass is 350 g/mol. The van der Waals surface area contributed by atoms with E-state index in [-0.39, 0.29) is 12.2 Å². The van der Waals surface area contributed by atoms with Gasteiger partial charge in [-0.25, -0.2) is 9.50 Å². The largest absolute Gasteiger partial charge is 0.398 e. The van der Waals surface area contributed by atoms with E-state index in [4.69, 9.17) is 20.9 Å². The lowest BCUT2D eigenvalue weighted by Crippen LogP contribution is -2.46. The van der Waals surface area contributed by atoms with Crippen molar-refractivity contribution in [3.8, 4) is 11.4 Å². The number of morpholine rings is 1. The first kappa shape index (κ1) is 16.5. The van der Waals surface area contributed by atoms with E-state index >= 15 is 0 Å². The minimum absolute atomic E-state index is 0.146. The number of hydrogen-bond acceptors (Lipinski definition) is 6. The Hall–Kier alpha value is -2.93. The highest BCUT2D eigenvalue weighted by molar-refractivity contribution is 5.87. The smallest absolute Gasteiger partial charge is 0.182 e. The van der Waals surface area contributed by atoms with Crippen molar-refractivity contribution in [2.24, 2.45) is 0 Å². The first-order valence-corrected chi connectivity index (χ1v) is 8.71. The highest BCUT2D eigenvalue weighted by atomic mass is 16.5. The predicted molar refractivity (Wildman–Crippen MR) is 103 cm³/mol. The van der Waals surface area contributed by atoms with E-state index in [1.54, 1.807) is 6.07 Å². The molecule has 0 aliphatic carbocycles. The van der Waals surface area contributed by atoms with Crippen molar-refractivity contribution in [2.75, 3.05) is 23.7 Å². The summed E-state index contributed by atoms with van der Waals surface area (Å²) in [7, 11) is 0.